The lowest BCUT2D eigenvalue weighted by Gasteiger charge is -2.07. The number of amides is 1. The second-order valence-corrected chi connectivity index (χ2v) is 4.50. The zero-order valence-corrected chi connectivity index (χ0v) is 11.7. The van der Waals surface area contributed by atoms with Gasteiger partial charge in [-0.25, -0.2) is 0 Å². The Balaban J connectivity index is 2.26. The van der Waals surface area contributed by atoms with Crippen LogP contribution in [0.5, 0.6) is 0 Å². The molecule has 106 valence electrons. The summed E-state index contributed by atoms with van der Waals surface area (Å²) in [7, 11) is 0. The standard InChI is InChI=1S/C15H12ClN3O2/c16-12-4-3-10(2-1-6-17)8-13(12)19-15(21)11-5-7-18-14(20)9-11/h3-5,7-9H,6,17H2,(H,18,20)(H,19,21). The molecule has 0 unspecified atom stereocenters. The maximum atomic E-state index is 12.1. The van der Waals surface area contributed by atoms with E-state index in [0.717, 1.165) is 0 Å². The van der Waals surface area contributed by atoms with Crippen LogP contribution in [-0.2, 0) is 0 Å². The first kappa shape index (κ1) is 14.9. The van der Waals surface area contributed by atoms with Gasteiger partial charge in [-0.3, -0.25) is 9.59 Å². The van der Waals surface area contributed by atoms with Gasteiger partial charge in [0.15, 0.2) is 0 Å². The van der Waals surface area contributed by atoms with Crippen molar-refractivity contribution in [3.8, 4) is 11.8 Å². The van der Waals surface area contributed by atoms with E-state index >= 15 is 0 Å². The number of rotatable bonds is 2. The zero-order chi connectivity index (χ0) is 15.2. The van der Waals surface area contributed by atoms with Crippen LogP contribution in [0.25, 0.3) is 0 Å². The van der Waals surface area contributed by atoms with Crippen molar-refractivity contribution in [3.63, 3.8) is 0 Å². The maximum Gasteiger partial charge on any atom is 0.255 e. The lowest BCUT2D eigenvalue weighted by molar-refractivity contribution is 0.102. The van der Waals surface area contributed by atoms with Crippen molar-refractivity contribution in [3.05, 3.63) is 63.0 Å². The van der Waals surface area contributed by atoms with Crippen LogP contribution in [0.3, 0.4) is 0 Å². The highest BCUT2D eigenvalue weighted by atomic mass is 35.5. The number of aromatic nitrogens is 1. The second kappa shape index (κ2) is 6.75. The number of nitrogens with two attached hydrogens (primary N) is 1. The van der Waals surface area contributed by atoms with E-state index in [4.69, 9.17) is 17.3 Å². The van der Waals surface area contributed by atoms with Gasteiger partial charge in [0.1, 0.15) is 0 Å². The Kier molecular flexibility index (Phi) is 4.77. The lowest BCUT2D eigenvalue weighted by Crippen LogP contribution is -2.15. The maximum absolute atomic E-state index is 12.1. The monoisotopic (exact) mass is 301 g/mol. The van der Waals surface area contributed by atoms with Crippen molar-refractivity contribution in [2.24, 2.45) is 5.73 Å². The highest BCUT2D eigenvalue weighted by Gasteiger charge is 2.09. The summed E-state index contributed by atoms with van der Waals surface area (Å²) in [5.41, 5.74) is 6.31. The summed E-state index contributed by atoms with van der Waals surface area (Å²) in [6, 6.07) is 7.73. The number of carbonyl (C=O) groups is 1. The Morgan fingerprint density at radius 3 is 2.86 bits per heavy atom. The fourth-order valence-electron chi connectivity index (χ4n) is 1.63. The highest BCUT2D eigenvalue weighted by Crippen LogP contribution is 2.23. The molecule has 0 atom stereocenters. The first-order valence-electron chi connectivity index (χ1n) is 6.09. The molecule has 4 N–H and O–H groups in total. The first-order valence-corrected chi connectivity index (χ1v) is 6.46. The van der Waals surface area contributed by atoms with Crippen molar-refractivity contribution >= 4 is 23.2 Å². The van der Waals surface area contributed by atoms with Crippen molar-refractivity contribution in [2.75, 3.05) is 11.9 Å². The van der Waals surface area contributed by atoms with E-state index in [9.17, 15) is 9.59 Å². The number of hydrogen-bond donors (Lipinski definition) is 3. The summed E-state index contributed by atoms with van der Waals surface area (Å²) >= 11 is 6.04. The molecule has 1 aromatic heterocycles. The van der Waals surface area contributed by atoms with E-state index in [1.807, 2.05) is 0 Å². The van der Waals surface area contributed by atoms with Crippen LogP contribution in [0, 0.1) is 11.8 Å². The summed E-state index contributed by atoms with van der Waals surface area (Å²) in [5, 5.41) is 3.03. The Labute approximate surface area is 126 Å². The second-order valence-electron chi connectivity index (χ2n) is 4.10. The van der Waals surface area contributed by atoms with E-state index in [1.54, 1.807) is 18.2 Å². The molecule has 1 heterocycles. The van der Waals surface area contributed by atoms with Gasteiger partial charge < -0.3 is 16.0 Å². The molecule has 0 radical (unpaired) electrons. The highest BCUT2D eigenvalue weighted by molar-refractivity contribution is 6.34. The number of halogens is 1. The quantitative estimate of drug-likeness (QED) is 0.736. The number of hydrogen-bond acceptors (Lipinski definition) is 3. The van der Waals surface area contributed by atoms with Crippen molar-refractivity contribution in [1.29, 1.82) is 0 Å². The predicted octanol–water partition coefficient (Wildman–Crippen LogP) is 1.59. The zero-order valence-electron chi connectivity index (χ0n) is 10.9. The smallest absolute Gasteiger partial charge is 0.255 e. The number of pyridine rings is 1. The van der Waals surface area contributed by atoms with Gasteiger partial charge in [-0.2, -0.15) is 0 Å². The van der Waals surface area contributed by atoms with Crippen LogP contribution >= 0.6 is 11.6 Å². The van der Waals surface area contributed by atoms with Crippen molar-refractivity contribution in [1.82, 2.24) is 4.98 Å². The van der Waals surface area contributed by atoms with Crippen LogP contribution in [0.2, 0.25) is 5.02 Å². The van der Waals surface area contributed by atoms with Crippen molar-refractivity contribution < 1.29 is 4.79 Å². The molecule has 0 fully saturated rings. The summed E-state index contributed by atoms with van der Waals surface area (Å²) in [6.07, 6.45) is 1.40. The topological polar surface area (TPSA) is 88.0 Å². The van der Waals surface area contributed by atoms with Gasteiger partial charge in [-0.1, -0.05) is 23.4 Å². The summed E-state index contributed by atoms with van der Waals surface area (Å²) in [6.45, 7) is 0.247. The Morgan fingerprint density at radius 2 is 2.14 bits per heavy atom. The lowest BCUT2D eigenvalue weighted by atomic mass is 10.2. The SMILES string of the molecule is NCC#Cc1ccc(Cl)c(NC(=O)c2cc[nH]c(=O)c2)c1. The number of aromatic amines is 1. The minimum absolute atomic E-state index is 0.244. The van der Waals surface area contributed by atoms with Gasteiger partial charge >= 0.3 is 0 Å². The summed E-state index contributed by atoms with van der Waals surface area (Å²) in [5.74, 6) is 5.15. The largest absolute Gasteiger partial charge is 0.329 e. The molecular weight excluding hydrogens is 290 g/mol. The normalized spacial score (nSPS) is 9.62. The molecule has 0 aliphatic heterocycles. The van der Waals surface area contributed by atoms with E-state index in [-0.39, 0.29) is 17.7 Å². The minimum Gasteiger partial charge on any atom is -0.329 e. The minimum atomic E-state index is -0.424. The number of carbonyl (C=O) groups excluding carboxylic acids is 1. The molecule has 0 aliphatic rings. The Morgan fingerprint density at radius 1 is 1.33 bits per heavy atom. The Hall–Kier alpha value is -2.55. The average Bonchev–Trinajstić information content (AvgIpc) is 2.48. The van der Waals surface area contributed by atoms with Gasteiger partial charge in [0, 0.05) is 23.4 Å². The van der Waals surface area contributed by atoms with Crippen LogP contribution < -0.4 is 16.6 Å². The molecule has 5 nitrogen and oxygen atoms in total. The third-order valence-corrected chi connectivity index (χ3v) is 2.92. The molecule has 6 heteroatoms. The third-order valence-electron chi connectivity index (χ3n) is 2.59. The number of benzene rings is 1. The van der Waals surface area contributed by atoms with Crippen molar-refractivity contribution in [2.45, 2.75) is 0 Å². The van der Waals surface area contributed by atoms with Gasteiger partial charge in [-0.15, -0.1) is 0 Å². The molecule has 0 saturated heterocycles. The molecule has 2 aromatic rings. The van der Waals surface area contributed by atoms with Crippen LogP contribution in [0.15, 0.2) is 41.3 Å². The van der Waals surface area contributed by atoms with Gasteiger partial charge in [-0.05, 0) is 24.3 Å². The average molecular weight is 302 g/mol. The van der Waals surface area contributed by atoms with Crippen LogP contribution in [0.4, 0.5) is 5.69 Å². The first-order chi connectivity index (χ1) is 10.1. The summed E-state index contributed by atoms with van der Waals surface area (Å²) < 4.78 is 0. The number of nitrogens with one attached hydrogen (secondary N) is 2. The van der Waals surface area contributed by atoms with E-state index < -0.39 is 5.91 Å². The molecule has 0 bridgehead atoms. The number of anilines is 1. The molecule has 0 aliphatic carbocycles. The molecule has 1 aromatic carbocycles. The Bertz CT molecular complexity index is 787. The molecule has 1 amide bonds. The third kappa shape index (κ3) is 3.96. The van der Waals surface area contributed by atoms with E-state index in [0.29, 0.717) is 16.3 Å². The fourth-order valence-corrected chi connectivity index (χ4v) is 1.80. The molecule has 0 saturated carbocycles. The molecule has 21 heavy (non-hydrogen) atoms. The predicted molar refractivity (Wildman–Crippen MR) is 82.4 cm³/mol. The van der Waals surface area contributed by atoms with E-state index in [2.05, 4.69) is 22.1 Å². The van der Waals surface area contributed by atoms with Crippen LogP contribution in [-0.4, -0.2) is 17.4 Å². The fraction of sp³-hybridized carbons (Fsp3) is 0.0667. The van der Waals surface area contributed by atoms with Gasteiger partial charge in [0.25, 0.3) is 5.91 Å². The van der Waals surface area contributed by atoms with Gasteiger partial charge in [0.2, 0.25) is 5.56 Å². The molecule has 2 rings (SSSR count). The van der Waals surface area contributed by atoms with E-state index in [1.165, 1.54) is 18.3 Å². The van der Waals surface area contributed by atoms with Crippen LogP contribution in [0.1, 0.15) is 15.9 Å². The summed E-state index contributed by atoms with van der Waals surface area (Å²) in [4.78, 5) is 25.7. The number of H-pyrrole nitrogens is 1. The van der Waals surface area contributed by atoms with Gasteiger partial charge in [0.05, 0.1) is 17.3 Å². The molecular formula is C15H12ClN3O2. The molecule has 0 spiro atoms.